The second-order valence-electron chi connectivity index (χ2n) is 5.40. The van der Waals surface area contributed by atoms with Crippen LogP contribution in [0, 0.1) is 11.3 Å². The molecule has 7 heteroatoms. The minimum Gasteiger partial charge on any atom is -0.507 e. The van der Waals surface area contributed by atoms with Crippen LogP contribution in [0.3, 0.4) is 0 Å². The van der Waals surface area contributed by atoms with Crippen LogP contribution in [-0.4, -0.2) is 22.1 Å². The number of rotatable bonds is 2. The standard InChI is InChI=1S/C16H11F2NO3S/c17-16(18)4-3-9-11(6-16)14(23-13(9)7-19)8-1-2-10(15(21)22)12(20)5-8/h1-2,5,20H,3-4,6H2,(H,21,22). The maximum absolute atomic E-state index is 13.7. The third-order valence-electron chi connectivity index (χ3n) is 3.88. The van der Waals surface area contributed by atoms with Gasteiger partial charge < -0.3 is 10.2 Å². The number of nitriles is 1. The van der Waals surface area contributed by atoms with Gasteiger partial charge in [0.1, 0.15) is 22.3 Å². The van der Waals surface area contributed by atoms with E-state index in [-0.39, 0.29) is 18.4 Å². The van der Waals surface area contributed by atoms with Crippen LogP contribution in [0.15, 0.2) is 18.2 Å². The Kier molecular flexibility index (Phi) is 3.57. The first-order valence-electron chi connectivity index (χ1n) is 6.81. The van der Waals surface area contributed by atoms with Gasteiger partial charge in [-0.05, 0) is 35.2 Å². The second-order valence-corrected chi connectivity index (χ2v) is 6.42. The maximum atomic E-state index is 13.7. The van der Waals surface area contributed by atoms with Gasteiger partial charge in [0.15, 0.2) is 0 Å². The third-order valence-corrected chi connectivity index (χ3v) is 5.11. The number of thiophene rings is 1. The van der Waals surface area contributed by atoms with E-state index < -0.39 is 24.1 Å². The summed E-state index contributed by atoms with van der Waals surface area (Å²) in [4.78, 5) is 11.8. The molecule has 23 heavy (non-hydrogen) atoms. The van der Waals surface area contributed by atoms with E-state index in [0.717, 1.165) is 11.3 Å². The predicted octanol–water partition coefficient (Wildman–Crippen LogP) is 3.81. The molecule has 0 aliphatic heterocycles. The zero-order chi connectivity index (χ0) is 16.8. The molecule has 4 nitrogen and oxygen atoms in total. The molecule has 1 aliphatic rings. The van der Waals surface area contributed by atoms with Gasteiger partial charge in [0.05, 0.1) is 0 Å². The number of nitrogens with zero attached hydrogens (tertiary/aromatic N) is 1. The van der Waals surface area contributed by atoms with Crippen LogP contribution in [0.25, 0.3) is 10.4 Å². The molecule has 1 aromatic heterocycles. The summed E-state index contributed by atoms with van der Waals surface area (Å²) in [5.41, 5.74) is 1.24. The van der Waals surface area contributed by atoms with Crippen molar-refractivity contribution in [2.75, 3.05) is 0 Å². The fraction of sp³-hybridized carbons (Fsp3) is 0.250. The highest BCUT2D eigenvalue weighted by molar-refractivity contribution is 7.16. The van der Waals surface area contributed by atoms with Gasteiger partial charge in [-0.15, -0.1) is 11.3 Å². The van der Waals surface area contributed by atoms with Crippen LogP contribution in [-0.2, 0) is 12.8 Å². The molecule has 2 N–H and O–H groups in total. The number of phenols is 1. The summed E-state index contributed by atoms with van der Waals surface area (Å²) in [6.45, 7) is 0. The maximum Gasteiger partial charge on any atom is 0.339 e. The largest absolute Gasteiger partial charge is 0.507 e. The molecule has 0 spiro atoms. The van der Waals surface area contributed by atoms with Gasteiger partial charge in [0, 0.05) is 17.7 Å². The van der Waals surface area contributed by atoms with E-state index in [9.17, 15) is 23.9 Å². The molecule has 0 atom stereocenters. The molecule has 1 aliphatic carbocycles. The molecular formula is C16H11F2NO3S. The number of aromatic carboxylic acids is 1. The zero-order valence-electron chi connectivity index (χ0n) is 11.8. The lowest BCUT2D eigenvalue weighted by atomic mass is 9.88. The number of hydrogen-bond donors (Lipinski definition) is 2. The Labute approximate surface area is 134 Å². The van der Waals surface area contributed by atoms with Crippen molar-refractivity contribution in [2.24, 2.45) is 0 Å². The van der Waals surface area contributed by atoms with Crippen molar-refractivity contribution in [3.63, 3.8) is 0 Å². The predicted molar refractivity (Wildman–Crippen MR) is 80.1 cm³/mol. The first kappa shape index (κ1) is 15.4. The number of aromatic hydroxyl groups is 1. The van der Waals surface area contributed by atoms with Gasteiger partial charge in [-0.2, -0.15) is 5.26 Å². The van der Waals surface area contributed by atoms with Gasteiger partial charge in [0.2, 0.25) is 0 Å². The summed E-state index contributed by atoms with van der Waals surface area (Å²) >= 11 is 1.10. The van der Waals surface area contributed by atoms with Gasteiger partial charge in [-0.3, -0.25) is 0 Å². The first-order chi connectivity index (χ1) is 10.8. The molecule has 0 unspecified atom stereocenters. The highest BCUT2D eigenvalue weighted by atomic mass is 32.1. The molecule has 0 fully saturated rings. The number of fused-ring (bicyclic) bond motifs is 1. The molecular weight excluding hydrogens is 324 g/mol. The third kappa shape index (κ3) is 2.66. The molecule has 0 radical (unpaired) electrons. The van der Waals surface area contributed by atoms with E-state index >= 15 is 0 Å². The molecule has 1 aromatic carbocycles. The summed E-state index contributed by atoms with van der Waals surface area (Å²) in [7, 11) is 0. The van der Waals surface area contributed by atoms with Crippen LogP contribution in [0.2, 0.25) is 0 Å². The summed E-state index contributed by atoms with van der Waals surface area (Å²) in [6, 6.07) is 5.96. The molecule has 0 amide bonds. The van der Waals surface area contributed by atoms with E-state index in [1.54, 1.807) is 0 Å². The number of alkyl halides is 2. The Bertz CT molecular complexity index is 852. The highest BCUT2D eigenvalue weighted by Crippen LogP contribution is 2.45. The highest BCUT2D eigenvalue weighted by Gasteiger charge is 2.38. The molecule has 118 valence electrons. The van der Waals surface area contributed by atoms with E-state index in [1.807, 2.05) is 6.07 Å². The molecule has 3 rings (SSSR count). The SMILES string of the molecule is N#Cc1sc(-c2ccc(C(=O)O)c(O)c2)c2c1CCC(F)(F)C2. The van der Waals surface area contributed by atoms with Crippen LogP contribution < -0.4 is 0 Å². The number of carboxylic acid groups (broad SMARTS) is 1. The summed E-state index contributed by atoms with van der Waals surface area (Å²) < 4.78 is 27.5. The Morgan fingerprint density at radius 2 is 2.09 bits per heavy atom. The lowest BCUT2D eigenvalue weighted by Gasteiger charge is -2.23. The van der Waals surface area contributed by atoms with Gasteiger partial charge in [0.25, 0.3) is 5.92 Å². The minimum atomic E-state index is -2.82. The van der Waals surface area contributed by atoms with Crippen molar-refractivity contribution in [1.29, 1.82) is 5.26 Å². The smallest absolute Gasteiger partial charge is 0.339 e. The minimum absolute atomic E-state index is 0.140. The van der Waals surface area contributed by atoms with Crippen molar-refractivity contribution < 1.29 is 23.8 Å². The number of carbonyl (C=O) groups is 1. The summed E-state index contributed by atoms with van der Waals surface area (Å²) in [5.74, 6) is -4.52. The number of halogens is 2. The van der Waals surface area contributed by atoms with Crippen LogP contribution >= 0.6 is 11.3 Å². The fourth-order valence-electron chi connectivity index (χ4n) is 2.78. The summed E-state index contributed by atoms with van der Waals surface area (Å²) in [5, 5.41) is 27.9. The van der Waals surface area contributed by atoms with Gasteiger partial charge >= 0.3 is 5.97 Å². The molecule has 2 aromatic rings. The quantitative estimate of drug-likeness (QED) is 0.874. The van der Waals surface area contributed by atoms with Crippen LogP contribution in [0.5, 0.6) is 5.75 Å². The number of benzene rings is 1. The second kappa shape index (κ2) is 5.32. The van der Waals surface area contributed by atoms with Crippen molar-refractivity contribution >= 4 is 17.3 Å². The Morgan fingerprint density at radius 1 is 1.35 bits per heavy atom. The van der Waals surface area contributed by atoms with Gasteiger partial charge in [-0.1, -0.05) is 6.07 Å². The normalized spacial score (nSPS) is 15.7. The Morgan fingerprint density at radius 3 is 2.70 bits per heavy atom. The van der Waals surface area contributed by atoms with Crippen molar-refractivity contribution in [2.45, 2.75) is 25.2 Å². The van der Waals surface area contributed by atoms with E-state index in [4.69, 9.17) is 5.11 Å². The monoisotopic (exact) mass is 335 g/mol. The van der Waals surface area contributed by atoms with E-state index in [2.05, 4.69) is 0 Å². The Balaban J connectivity index is 2.15. The number of hydrogen-bond acceptors (Lipinski definition) is 4. The first-order valence-corrected chi connectivity index (χ1v) is 7.63. The average molecular weight is 335 g/mol. The van der Waals surface area contributed by atoms with Crippen LogP contribution in [0.1, 0.15) is 32.8 Å². The van der Waals surface area contributed by atoms with E-state index in [0.29, 0.717) is 26.4 Å². The lowest BCUT2D eigenvalue weighted by molar-refractivity contribution is -0.0119. The van der Waals surface area contributed by atoms with E-state index in [1.165, 1.54) is 18.2 Å². The topological polar surface area (TPSA) is 81.3 Å². The lowest BCUT2D eigenvalue weighted by Crippen LogP contribution is -2.25. The van der Waals surface area contributed by atoms with Crippen molar-refractivity contribution in [3.8, 4) is 22.3 Å². The molecule has 0 saturated heterocycles. The molecule has 0 saturated carbocycles. The fourth-order valence-corrected chi connectivity index (χ4v) is 3.94. The Hall–Kier alpha value is -2.46. The zero-order valence-corrected chi connectivity index (χ0v) is 12.6. The van der Waals surface area contributed by atoms with Crippen molar-refractivity contribution in [1.82, 2.24) is 0 Å². The van der Waals surface area contributed by atoms with Crippen molar-refractivity contribution in [3.05, 3.63) is 39.8 Å². The summed E-state index contributed by atoms with van der Waals surface area (Å²) in [6.07, 6.45) is -0.591. The van der Waals surface area contributed by atoms with Crippen LogP contribution in [0.4, 0.5) is 8.78 Å². The number of carboxylic acids is 1. The molecule has 0 bridgehead atoms. The molecule has 1 heterocycles. The van der Waals surface area contributed by atoms with Gasteiger partial charge in [-0.25, -0.2) is 13.6 Å². The average Bonchev–Trinajstić information content (AvgIpc) is 2.83.